The predicted molar refractivity (Wildman–Crippen MR) is 106 cm³/mol. The maximum Gasteiger partial charge on any atom is 0.236 e. The molecule has 2 atom stereocenters. The molecule has 0 N–H and O–H groups in total. The molecule has 1 saturated heterocycles. The Hall–Kier alpha value is -2.71. The monoisotopic (exact) mass is 416 g/mol. The molecular formula is C21H21FN2O4S. The van der Waals surface area contributed by atoms with Gasteiger partial charge in [0.05, 0.1) is 17.1 Å². The lowest BCUT2D eigenvalue weighted by molar-refractivity contribution is -0.00657. The molecule has 1 aromatic heterocycles. The molecule has 0 unspecified atom stereocenters. The number of anilines is 1. The Morgan fingerprint density at radius 3 is 2.24 bits per heavy atom. The van der Waals surface area contributed by atoms with Crippen molar-refractivity contribution in [1.29, 1.82) is 0 Å². The number of benzene rings is 2. The number of ether oxygens (including phenoxy) is 1. The molecule has 0 aliphatic carbocycles. The molecule has 1 aliphatic rings. The molecule has 4 rings (SSSR count). The van der Waals surface area contributed by atoms with Crippen LogP contribution in [0.4, 0.5) is 10.3 Å². The highest BCUT2D eigenvalue weighted by Crippen LogP contribution is 2.35. The summed E-state index contributed by atoms with van der Waals surface area (Å²) in [6.07, 6.45) is -0.184. The average molecular weight is 416 g/mol. The second kappa shape index (κ2) is 7.61. The topological polar surface area (TPSA) is 72.6 Å². The van der Waals surface area contributed by atoms with Gasteiger partial charge < -0.3 is 14.1 Å². The van der Waals surface area contributed by atoms with Gasteiger partial charge >= 0.3 is 0 Å². The molecule has 8 heteroatoms. The molecule has 2 aromatic carbocycles. The van der Waals surface area contributed by atoms with Gasteiger partial charge in [-0.15, -0.1) is 0 Å². The van der Waals surface area contributed by atoms with Gasteiger partial charge in [0, 0.05) is 18.7 Å². The van der Waals surface area contributed by atoms with E-state index in [2.05, 4.69) is 4.98 Å². The van der Waals surface area contributed by atoms with E-state index in [1.165, 1.54) is 36.4 Å². The van der Waals surface area contributed by atoms with E-state index < -0.39 is 15.7 Å². The Bertz CT molecular complexity index is 1090. The SMILES string of the molecule is C[C@H]1CN(c2oc(-c3ccc(F)cc3)nc2S(=O)(=O)c2ccccc2)C[C@H](C)O1. The Morgan fingerprint density at radius 1 is 1.00 bits per heavy atom. The molecular weight excluding hydrogens is 395 g/mol. The summed E-state index contributed by atoms with van der Waals surface area (Å²) >= 11 is 0. The molecule has 0 amide bonds. The summed E-state index contributed by atoms with van der Waals surface area (Å²) in [6, 6.07) is 13.7. The molecule has 3 aromatic rings. The van der Waals surface area contributed by atoms with Crippen LogP contribution in [0.2, 0.25) is 0 Å². The van der Waals surface area contributed by atoms with Crippen molar-refractivity contribution in [2.75, 3.05) is 18.0 Å². The van der Waals surface area contributed by atoms with E-state index in [4.69, 9.17) is 9.15 Å². The zero-order valence-electron chi connectivity index (χ0n) is 16.1. The van der Waals surface area contributed by atoms with Crippen LogP contribution >= 0.6 is 0 Å². The van der Waals surface area contributed by atoms with Gasteiger partial charge in [0.1, 0.15) is 5.82 Å². The van der Waals surface area contributed by atoms with Crippen LogP contribution in [-0.2, 0) is 14.6 Å². The number of hydrogen-bond donors (Lipinski definition) is 0. The summed E-state index contributed by atoms with van der Waals surface area (Å²) in [5, 5.41) is -0.149. The first-order chi connectivity index (χ1) is 13.8. The fourth-order valence-electron chi connectivity index (χ4n) is 3.44. The first-order valence-electron chi connectivity index (χ1n) is 9.32. The summed E-state index contributed by atoms with van der Waals surface area (Å²) in [5.41, 5.74) is 0.497. The lowest BCUT2D eigenvalue weighted by atomic mass is 10.2. The number of morpholine rings is 1. The largest absolute Gasteiger partial charge is 0.419 e. The van der Waals surface area contributed by atoms with Crippen LogP contribution in [0.25, 0.3) is 11.5 Å². The molecule has 152 valence electrons. The summed E-state index contributed by atoms with van der Waals surface area (Å²) < 4.78 is 51.6. The average Bonchev–Trinajstić information content (AvgIpc) is 3.15. The minimum absolute atomic E-state index is 0.0922. The molecule has 0 radical (unpaired) electrons. The van der Waals surface area contributed by atoms with E-state index in [1.807, 2.05) is 18.7 Å². The van der Waals surface area contributed by atoms with Crippen molar-refractivity contribution >= 4 is 15.7 Å². The van der Waals surface area contributed by atoms with Gasteiger partial charge in [0.15, 0.2) is 0 Å². The summed E-state index contributed by atoms with van der Waals surface area (Å²) in [7, 11) is -3.91. The second-order valence-electron chi connectivity index (χ2n) is 7.12. The maximum atomic E-state index is 13.3. The number of oxazole rings is 1. The Kier molecular flexibility index (Phi) is 5.14. The molecule has 2 heterocycles. The molecule has 0 bridgehead atoms. The molecule has 1 fully saturated rings. The van der Waals surface area contributed by atoms with Gasteiger partial charge in [0.2, 0.25) is 26.6 Å². The van der Waals surface area contributed by atoms with Gasteiger partial charge in [-0.1, -0.05) is 18.2 Å². The second-order valence-corrected chi connectivity index (χ2v) is 8.98. The van der Waals surface area contributed by atoms with Crippen LogP contribution in [0.3, 0.4) is 0 Å². The highest BCUT2D eigenvalue weighted by atomic mass is 32.2. The number of hydrogen-bond acceptors (Lipinski definition) is 6. The maximum absolute atomic E-state index is 13.3. The fourth-order valence-corrected chi connectivity index (χ4v) is 4.79. The van der Waals surface area contributed by atoms with E-state index in [-0.39, 0.29) is 33.9 Å². The summed E-state index contributed by atoms with van der Waals surface area (Å²) in [5.74, 6) is -0.0926. The van der Waals surface area contributed by atoms with Crippen molar-refractivity contribution in [3.63, 3.8) is 0 Å². The molecule has 0 saturated carbocycles. The number of nitrogens with zero attached hydrogens (tertiary/aromatic N) is 2. The number of rotatable bonds is 4. The van der Waals surface area contributed by atoms with Gasteiger partial charge in [0.25, 0.3) is 0 Å². The quantitative estimate of drug-likeness (QED) is 0.642. The standard InChI is InChI=1S/C21H21FN2O4S/c1-14-12-24(13-15(2)27-14)21-20(29(25,26)18-6-4-3-5-7-18)23-19(28-21)16-8-10-17(22)11-9-16/h3-11,14-15H,12-13H2,1-2H3/t14-,15-/m0/s1. The zero-order chi connectivity index (χ0) is 20.6. The van der Waals surface area contributed by atoms with Gasteiger partial charge in [-0.25, -0.2) is 12.8 Å². The predicted octanol–water partition coefficient (Wildman–Crippen LogP) is 3.93. The minimum Gasteiger partial charge on any atom is -0.419 e. The van der Waals surface area contributed by atoms with Crippen LogP contribution < -0.4 is 4.90 Å². The van der Waals surface area contributed by atoms with Crippen molar-refractivity contribution in [2.45, 2.75) is 36.0 Å². The van der Waals surface area contributed by atoms with E-state index in [0.717, 1.165) is 0 Å². The lowest BCUT2D eigenvalue weighted by Crippen LogP contribution is -2.45. The van der Waals surface area contributed by atoms with Gasteiger partial charge in [-0.2, -0.15) is 4.98 Å². The number of aromatic nitrogens is 1. The van der Waals surface area contributed by atoms with Crippen molar-refractivity contribution in [2.24, 2.45) is 0 Å². The minimum atomic E-state index is -3.91. The van der Waals surface area contributed by atoms with Crippen molar-refractivity contribution in [3.8, 4) is 11.5 Å². The normalized spacial score (nSPS) is 20.0. The Labute approximate surface area is 168 Å². The number of sulfone groups is 1. The van der Waals surface area contributed by atoms with E-state index >= 15 is 0 Å². The zero-order valence-corrected chi connectivity index (χ0v) is 16.9. The van der Waals surface area contributed by atoms with Crippen LogP contribution in [0.1, 0.15) is 13.8 Å². The van der Waals surface area contributed by atoms with Gasteiger partial charge in [-0.3, -0.25) is 0 Å². The van der Waals surface area contributed by atoms with E-state index in [0.29, 0.717) is 18.7 Å². The van der Waals surface area contributed by atoms with Crippen LogP contribution in [0, 0.1) is 5.82 Å². The summed E-state index contributed by atoms with van der Waals surface area (Å²) in [6.45, 7) is 4.79. The highest BCUT2D eigenvalue weighted by Gasteiger charge is 2.34. The fraction of sp³-hybridized carbons (Fsp3) is 0.286. The number of halogens is 1. The van der Waals surface area contributed by atoms with E-state index in [9.17, 15) is 12.8 Å². The summed E-state index contributed by atoms with van der Waals surface area (Å²) in [4.78, 5) is 6.30. The highest BCUT2D eigenvalue weighted by molar-refractivity contribution is 7.91. The Balaban J connectivity index is 1.85. The third-order valence-corrected chi connectivity index (χ3v) is 6.35. The van der Waals surface area contributed by atoms with Crippen molar-refractivity contribution in [1.82, 2.24) is 4.98 Å². The molecule has 1 aliphatic heterocycles. The van der Waals surface area contributed by atoms with Crippen molar-refractivity contribution < 1.29 is 22.0 Å². The molecule has 6 nitrogen and oxygen atoms in total. The lowest BCUT2D eigenvalue weighted by Gasteiger charge is -2.35. The Morgan fingerprint density at radius 2 is 1.62 bits per heavy atom. The van der Waals surface area contributed by atoms with Crippen LogP contribution in [0.15, 0.2) is 68.9 Å². The molecule has 29 heavy (non-hydrogen) atoms. The smallest absolute Gasteiger partial charge is 0.236 e. The first kappa shape index (κ1) is 19.6. The third-order valence-electron chi connectivity index (χ3n) is 4.69. The van der Waals surface area contributed by atoms with Gasteiger partial charge in [-0.05, 0) is 50.2 Å². The van der Waals surface area contributed by atoms with Crippen LogP contribution in [0.5, 0.6) is 0 Å². The third kappa shape index (κ3) is 3.90. The van der Waals surface area contributed by atoms with Crippen molar-refractivity contribution in [3.05, 3.63) is 60.4 Å². The molecule has 0 spiro atoms. The van der Waals surface area contributed by atoms with E-state index in [1.54, 1.807) is 18.2 Å². The first-order valence-corrected chi connectivity index (χ1v) is 10.8. The van der Waals surface area contributed by atoms with Crippen LogP contribution in [-0.4, -0.2) is 38.7 Å².